The highest BCUT2D eigenvalue weighted by Crippen LogP contribution is 2.34. The van der Waals surface area contributed by atoms with Crippen molar-refractivity contribution in [3.63, 3.8) is 0 Å². The van der Waals surface area contributed by atoms with Crippen LogP contribution < -0.4 is 5.32 Å². The molecule has 0 aliphatic rings. The van der Waals surface area contributed by atoms with Crippen LogP contribution in [0.3, 0.4) is 0 Å². The topological polar surface area (TPSA) is 72.2 Å². The molecular weight excluding hydrogens is 349 g/mol. The van der Waals surface area contributed by atoms with Crippen molar-refractivity contribution in [1.82, 2.24) is 0 Å². The van der Waals surface area contributed by atoms with E-state index in [4.69, 9.17) is 11.6 Å². The van der Waals surface area contributed by atoms with E-state index in [0.29, 0.717) is 6.07 Å². The molecule has 126 valence electrons. The number of rotatable bonds is 4. The van der Waals surface area contributed by atoms with E-state index in [9.17, 15) is 28.1 Å². The smallest absolute Gasteiger partial charge is 0.324 e. The quantitative estimate of drug-likeness (QED) is 0.648. The molecule has 5 nitrogen and oxygen atoms in total. The second-order valence-corrected chi connectivity index (χ2v) is 5.21. The van der Waals surface area contributed by atoms with Crippen molar-refractivity contribution < 1.29 is 22.9 Å². The third-order valence-electron chi connectivity index (χ3n) is 3.11. The molecule has 0 spiro atoms. The second kappa shape index (κ2) is 6.88. The van der Waals surface area contributed by atoms with Crippen LogP contribution in [0.15, 0.2) is 42.5 Å². The van der Waals surface area contributed by atoms with Gasteiger partial charge in [0.2, 0.25) is 5.91 Å². The minimum atomic E-state index is -4.58. The van der Waals surface area contributed by atoms with Gasteiger partial charge < -0.3 is 5.32 Å². The number of alkyl halides is 3. The van der Waals surface area contributed by atoms with Crippen molar-refractivity contribution in [1.29, 1.82) is 0 Å². The fraction of sp³-hybridized carbons (Fsp3) is 0.133. The largest absolute Gasteiger partial charge is 0.416 e. The molecule has 0 saturated carbocycles. The molecule has 0 heterocycles. The van der Waals surface area contributed by atoms with Gasteiger partial charge in [0.1, 0.15) is 0 Å². The summed E-state index contributed by atoms with van der Waals surface area (Å²) < 4.78 is 38.1. The highest BCUT2D eigenvalue weighted by atomic mass is 35.5. The number of hydrogen-bond acceptors (Lipinski definition) is 3. The van der Waals surface area contributed by atoms with E-state index in [1.54, 1.807) is 0 Å². The number of nitro benzene ring substituents is 1. The molecule has 0 saturated heterocycles. The van der Waals surface area contributed by atoms with Crippen molar-refractivity contribution in [2.45, 2.75) is 12.6 Å². The van der Waals surface area contributed by atoms with Gasteiger partial charge in [0.15, 0.2) is 0 Å². The van der Waals surface area contributed by atoms with Gasteiger partial charge in [0.05, 0.1) is 27.6 Å². The Hall–Kier alpha value is -2.61. The van der Waals surface area contributed by atoms with Crippen LogP contribution in [0.5, 0.6) is 0 Å². The molecule has 1 amide bonds. The summed E-state index contributed by atoms with van der Waals surface area (Å²) in [5.74, 6) is -0.717. The number of para-hydroxylation sites is 1. The van der Waals surface area contributed by atoms with Crippen molar-refractivity contribution in [2.24, 2.45) is 0 Å². The number of hydrogen-bond donors (Lipinski definition) is 1. The number of anilines is 1. The number of carbonyl (C=O) groups is 1. The first kappa shape index (κ1) is 17.7. The first-order chi connectivity index (χ1) is 11.2. The van der Waals surface area contributed by atoms with E-state index in [1.807, 2.05) is 0 Å². The zero-order chi connectivity index (χ0) is 17.9. The molecule has 0 radical (unpaired) electrons. The molecule has 0 aliphatic heterocycles. The van der Waals surface area contributed by atoms with Gasteiger partial charge in [-0.2, -0.15) is 13.2 Å². The Morgan fingerprint density at radius 1 is 1.21 bits per heavy atom. The summed E-state index contributed by atoms with van der Waals surface area (Å²) in [7, 11) is 0. The van der Waals surface area contributed by atoms with E-state index >= 15 is 0 Å². The number of halogens is 4. The van der Waals surface area contributed by atoms with E-state index in [-0.39, 0.29) is 28.4 Å². The Morgan fingerprint density at radius 3 is 2.50 bits per heavy atom. The van der Waals surface area contributed by atoms with Crippen LogP contribution in [0.4, 0.5) is 24.5 Å². The molecule has 2 rings (SSSR count). The lowest BCUT2D eigenvalue weighted by atomic mass is 10.1. The van der Waals surface area contributed by atoms with E-state index in [0.717, 1.165) is 12.1 Å². The van der Waals surface area contributed by atoms with Crippen LogP contribution in [0.2, 0.25) is 5.02 Å². The molecule has 2 aromatic carbocycles. The summed E-state index contributed by atoms with van der Waals surface area (Å²) in [5.41, 5.74) is -1.28. The first-order valence-corrected chi connectivity index (χ1v) is 6.95. The van der Waals surface area contributed by atoms with Crippen LogP contribution in [-0.4, -0.2) is 10.8 Å². The highest BCUT2D eigenvalue weighted by molar-refractivity contribution is 6.33. The molecule has 1 N–H and O–H groups in total. The van der Waals surface area contributed by atoms with Gasteiger partial charge in [-0.25, -0.2) is 0 Å². The number of carbonyl (C=O) groups excluding carboxylic acids is 1. The minimum absolute atomic E-state index is 0.0705. The molecular formula is C15H10ClF3N2O3. The van der Waals surface area contributed by atoms with Crippen LogP contribution in [-0.2, 0) is 17.4 Å². The van der Waals surface area contributed by atoms with E-state index < -0.39 is 22.6 Å². The molecule has 0 atom stereocenters. The van der Waals surface area contributed by atoms with Gasteiger partial charge in [-0.3, -0.25) is 14.9 Å². The van der Waals surface area contributed by atoms with Crippen molar-refractivity contribution in [3.8, 4) is 0 Å². The SMILES string of the molecule is O=C(Cc1ccccc1[N+](=O)[O-])Nc1cc(C(F)(F)F)ccc1Cl. The lowest BCUT2D eigenvalue weighted by Crippen LogP contribution is -2.16. The summed E-state index contributed by atoms with van der Waals surface area (Å²) in [5, 5.41) is 13.1. The maximum absolute atomic E-state index is 12.7. The molecule has 0 aromatic heterocycles. The molecule has 0 aliphatic carbocycles. The Morgan fingerprint density at radius 2 is 1.88 bits per heavy atom. The molecule has 0 bridgehead atoms. The van der Waals surface area contributed by atoms with Gasteiger partial charge in [-0.1, -0.05) is 29.8 Å². The minimum Gasteiger partial charge on any atom is -0.324 e. The van der Waals surface area contributed by atoms with Gasteiger partial charge in [0.25, 0.3) is 5.69 Å². The molecule has 0 unspecified atom stereocenters. The highest BCUT2D eigenvalue weighted by Gasteiger charge is 2.31. The molecule has 0 fully saturated rings. The maximum Gasteiger partial charge on any atom is 0.416 e. The number of amides is 1. The van der Waals surface area contributed by atoms with E-state index in [2.05, 4.69) is 5.32 Å². The number of benzene rings is 2. The molecule has 24 heavy (non-hydrogen) atoms. The van der Waals surface area contributed by atoms with Crippen molar-refractivity contribution >= 4 is 28.9 Å². The standard InChI is InChI=1S/C15H10ClF3N2O3/c16-11-6-5-10(15(17,18)19)8-12(11)20-14(22)7-9-3-1-2-4-13(9)21(23)24/h1-6,8H,7H2,(H,20,22). The monoisotopic (exact) mass is 358 g/mol. The van der Waals surface area contributed by atoms with Crippen LogP contribution in [0.1, 0.15) is 11.1 Å². The van der Waals surface area contributed by atoms with Gasteiger partial charge in [0, 0.05) is 11.6 Å². The average Bonchev–Trinajstić information content (AvgIpc) is 2.48. The summed E-state index contributed by atoms with van der Waals surface area (Å²) in [6, 6.07) is 8.12. The van der Waals surface area contributed by atoms with Crippen molar-refractivity contribution in [2.75, 3.05) is 5.32 Å². The van der Waals surface area contributed by atoms with Gasteiger partial charge >= 0.3 is 6.18 Å². The lowest BCUT2D eigenvalue weighted by Gasteiger charge is -2.11. The maximum atomic E-state index is 12.7. The first-order valence-electron chi connectivity index (χ1n) is 6.57. The molecule has 9 heteroatoms. The van der Waals surface area contributed by atoms with Crippen LogP contribution in [0.25, 0.3) is 0 Å². The third-order valence-corrected chi connectivity index (χ3v) is 3.44. The zero-order valence-electron chi connectivity index (χ0n) is 11.9. The van der Waals surface area contributed by atoms with Crippen molar-refractivity contribution in [3.05, 3.63) is 68.7 Å². The second-order valence-electron chi connectivity index (χ2n) is 4.80. The number of nitrogens with zero attached hydrogens (tertiary/aromatic N) is 1. The van der Waals surface area contributed by atoms with E-state index in [1.165, 1.54) is 24.3 Å². The average molecular weight is 359 g/mol. The third kappa shape index (κ3) is 4.23. The Balaban J connectivity index is 2.21. The number of nitro groups is 1. The Bertz CT molecular complexity index is 794. The summed E-state index contributed by atoms with van der Waals surface area (Å²) in [4.78, 5) is 22.3. The molecule has 2 aromatic rings. The summed E-state index contributed by atoms with van der Waals surface area (Å²) in [6.45, 7) is 0. The van der Waals surface area contributed by atoms with Crippen LogP contribution in [0, 0.1) is 10.1 Å². The zero-order valence-corrected chi connectivity index (χ0v) is 12.7. The van der Waals surface area contributed by atoms with Gasteiger partial charge in [-0.15, -0.1) is 0 Å². The number of nitrogens with one attached hydrogen (secondary N) is 1. The predicted octanol–water partition coefficient (Wildman–Crippen LogP) is 4.45. The fourth-order valence-corrected chi connectivity index (χ4v) is 2.17. The predicted molar refractivity (Wildman–Crippen MR) is 81.9 cm³/mol. The Labute approximate surface area is 139 Å². The fourth-order valence-electron chi connectivity index (χ4n) is 2.00. The van der Waals surface area contributed by atoms with Crippen LogP contribution >= 0.6 is 11.6 Å². The summed E-state index contributed by atoms with van der Waals surface area (Å²) in [6.07, 6.45) is -4.95. The normalized spacial score (nSPS) is 11.2. The van der Waals surface area contributed by atoms with Gasteiger partial charge in [-0.05, 0) is 18.2 Å². The Kier molecular flexibility index (Phi) is 5.08. The lowest BCUT2D eigenvalue weighted by molar-refractivity contribution is -0.385. The summed E-state index contributed by atoms with van der Waals surface area (Å²) >= 11 is 5.78.